The number of piperidine rings is 1. The highest BCUT2D eigenvalue weighted by atomic mass is 16.6. The molecule has 0 aromatic rings. The van der Waals surface area contributed by atoms with Crippen molar-refractivity contribution in [3.63, 3.8) is 0 Å². The zero-order valence-electron chi connectivity index (χ0n) is 11.6. The zero-order chi connectivity index (χ0) is 13.7. The molecule has 0 bridgehead atoms. The molecule has 2 saturated heterocycles. The van der Waals surface area contributed by atoms with Crippen molar-refractivity contribution in [3.8, 4) is 0 Å². The molecular weight excluding hydrogens is 248 g/mol. The first kappa shape index (κ1) is 14.6. The van der Waals surface area contributed by atoms with E-state index < -0.39 is 5.60 Å². The molecule has 6 heteroatoms. The highest BCUT2D eigenvalue weighted by Gasteiger charge is 2.33. The van der Waals surface area contributed by atoms with Crippen molar-refractivity contribution in [2.45, 2.75) is 37.8 Å². The number of carbonyl (C=O) groups is 1. The number of hydrogen-bond donors (Lipinski definition) is 2. The van der Waals surface area contributed by atoms with Gasteiger partial charge < -0.3 is 24.8 Å². The maximum Gasteiger partial charge on any atom is 0.409 e. The summed E-state index contributed by atoms with van der Waals surface area (Å²) >= 11 is 0. The zero-order valence-corrected chi connectivity index (χ0v) is 11.6. The molecule has 2 N–H and O–H groups in total. The molecule has 2 aliphatic rings. The third kappa shape index (κ3) is 4.06. The standard InChI is InChI=1S/C13H24N2O4/c1-2-19-12(16)15-6-3-11(4-7-15)14-9-13(17)5-8-18-10-13/h11,14,17H,2-10H2,1H3. The number of rotatable bonds is 4. The highest BCUT2D eigenvalue weighted by molar-refractivity contribution is 5.67. The van der Waals surface area contributed by atoms with Crippen molar-refractivity contribution in [2.24, 2.45) is 0 Å². The maximum absolute atomic E-state index is 11.5. The number of aliphatic hydroxyl groups is 1. The summed E-state index contributed by atoms with van der Waals surface area (Å²) in [6.07, 6.45) is 2.27. The van der Waals surface area contributed by atoms with E-state index in [4.69, 9.17) is 9.47 Å². The van der Waals surface area contributed by atoms with Gasteiger partial charge in [-0.2, -0.15) is 0 Å². The topological polar surface area (TPSA) is 71.0 Å². The van der Waals surface area contributed by atoms with E-state index in [2.05, 4.69) is 5.32 Å². The Labute approximate surface area is 114 Å². The molecule has 1 unspecified atom stereocenters. The van der Waals surface area contributed by atoms with Crippen LogP contribution in [0.5, 0.6) is 0 Å². The first-order valence-electron chi connectivity index (χ1n) is 7.08. The van der Waals surface area contributed by atoms with Crippen molar-refractivity contribution >= 4 is 6.09 Å². The Morgan fingerprint density at radius 2 is 2.26 bits per heavy atom. The third-order valence-corrected chi connectivity index (χ3v) is 3.82. The quantitative estimate of drug-likeness (QED) is 0.772. The summed E-state index contributed by atoms with van der Waals surface area (Å²) in [4.78, 5) is 13.3. The van der Waals surface area contributed by atoms with Gasteiger partial charge in [-0.05, 0) is 19.8 Å². The minimum absolute atomic E-state index is 0.219. The van der Waals surface area contributed by atoms with Crippen molar-refractivity contribution in [3.05, 3.63) is 0 Å². The van der Waals surface area contributed by atoms with Crippen molar-refractivity contribution in [1.29, 1.82) is 0 Å². The number of ether oxygens (including phenoxy) is 2. The van der Waals surface area contributed by atoms with Gasteiger partial charge in [0.25, 0.3) is 0 Å². The van der Waals surface area contributed by atoms with Crippen molar-refractivity contribution in [1.82, 2.24) is 10.2 Å². The van der Waals surface area contributed by atoms with E-state index in [1.54, 1.807) is 4.90 Å². The summed E-state index contributed by atoms with van der Waals surface area (Å²) in [5, 5.41) is 13.5. The monoisotopic (exact) mass is 272 g/mol. The number of hydrogen-bond acceptors (Lipinski definition) is 5. The van der Waals surface area contributed by atoms with Crippen LogP contribution in [0.1, 0.15) is 26.2 Å². The van der Waals surface area contributed by atoms with Crippen LogP contribution in [0.3, 0.4) is 0 Å². The SMILES string of the molecule is CCOC(=O)N1CCC(NCC2(O)CCOC2)CC1. The van der Waals surface area contributed by atoms with Gasteiger partial charge in [0.2, 0.25) is 0 Å². The van der Waals surface area contributed by atoms with E-state index in [-0.39, 0.29) is 6.09 Å². The number of carbonyl (C=O) groups excluding carboxylic acids is 1. The van der Waals surface area contributed by atoms with Gasteiger partial charge >= 0.3 is 6.09 Å². The van der Waals surface area contributed by atoms with Crippen molar-refractivity contribution < 1.29 is 19.4 Å². The fourth-order valence-electron chi connectivity index (χ4n) is 2.55. The molecular formula is C13H24N2O4. The van der Waals surface area contributed by atoms with Gasteiger partial charge in [0.1, 0.15) is 5.60 Å². The lowest BCUT2D eigenvalue weighted by Gasteiger charge is -2.33. The van der Waals surface area contributed by atoms with Gasteiger partial charge in [0, 0.05) is 38.7 Å². The van der Waals surface area contributed by atoms with Gasteiger partial charge in [-0.25, -0.2) is 4.79 Å². The summed E-state index contributed by atoms with van der Waals surface area (Å²) in [6, 6.07) is 0.357. The van der Waals surface area contributed by atoms with Crippen molar-refractivity contribution in [2.75, 3.05) is 39.5 Å². The summed E-state index contributed by atoms with van der Waals surface area (Å²) in [5.74, 6) is 0. The Bertz CT molecular complexity index is 297. The molecule has 1 atom stereocenters. The second-order valence-corrected chi connectivity index (χ2v) is 5.37. The Morgan fingerprint density at radius 3 is 2.84 bits per heavy atom. The van der Waals surface area contributed by atoms with Gasteiger partial charge in [0.05, 0.1) is 13.2 Å². The van der Waals surface area contributed by atoms with Crippen LogP contribution in [0.2, 0.25) is 0 Å². The molecule has 2 rings (SSSR count). The molecule has 0 spiro atoms. The lowest BCUT2D eigenvalue weighted by molar-refractivity contribution is 0.0223. The van der Waals surface area contributed by atoms with Crippen LogP contribution in [-0.2, 0) is 9.47 Å². The molecule has 6 nitrogen and oxygen atoms in total. The van der Waals surface area contributed by atoms with Crippen LogP contribution < -0.4 is 5.32 Å². The molecule has 0 aliphatic carbocycles. The minimum atomic E-state index is -0.710. The molecule has 1 amide bonds. The van der Waals surface area contributed by atoms with Crippen LogP contribution in [-0.4, -0.2) is 67.2 Å². The van der Waals surface area contributed by atoms with Gasteiger partial charge in [-0.3, -0.25) is 0 Å². The number of likely N-dealkylation sites (tertiary alicyclic amines) is 1. The van der Waals surface area contributed by atoms with Crippen LogP contribution in [0.15, 0.2) is 0 Å². The Hall–Kier alpha value is -0.850. The Balaban J connectivity index is 1.67. The number of amides is 1. The van der Waals surface area contributed by atoms with Crippen LogP contribution in [0.4, 0.5) is 4.79 Å². The molecule has 2 heterocycles. The number of nitrogens with one attached hydrogen (secondary N) is 1. The Kier molecular flexibility index (Phi) is 5.01. The summed E-state index contributed by atoms with van der Waals surface area (Å²) in [5.41, 5.74) is -0.710. The third-order valence-electron chi connectivity index (χ3n) is 3.82. The molecule has 0 aromatic heterocycles. The molecule has 0 radical (unpaired) electrons. The first-order chi connectivity index (χ1) is 9.13. The fourth-order valence-corrected chi connectivity index (χ4v) is 2.55. The summed E-state index contributed by atoms with van der Waals surface area (Å²) in [7, 11) is 0. The average molecular weight is 272 g/mol. The van der Waals surface area contributed by atoms with Crippen LogP contribution >= 0.6 is 0 Å². The molecule has 2 fully saturated rings. The summed E-state index contributed by atoms with van der Waals surface area (Å²) in [6.45, 7) is 5.29. The minimum Gasteiger partial charge on any atom is -0.450 e. The largest absolute Gasteiger partial charge is 0.450 e. The van der Waals surface area contributed by atoms with E-state index >= 15 is 0 Å². The molecule has 0 aromatic carbocycles. The highest BCUT2D eigenvalue weighted by Crippen LogP contribution is 2.18. The lowest BCUT2D eigenvalue weighted by atomic mass is 10.0. The van der Waals surface area contributed by atoms with E-state index in [0.717, 1.165) is 12.8 Å². The predicted molar refractivity (Wildman–Crippen MR) is 70.0 cm³/mol. The number of nitrogens with zero attached hydrogens (tertiary/aromatic N) is 1. The van der Waals surface area contributed by atoms with E-state index in [0.29, 0.717) is 51.9 Å². The molecule has 0 saturated carbocycles. The van der Waals surface area contributed by atoms with Gasteiger partial charge in [-0.15, -0.1) is 0 Å². The molecule has 19 heavy (non-hydrogen) atoms. The maximum atomic E-state index is 11.5. The lowest BCUT2D eigenvalue weighted by Crippen LogP contribution is -2.49. The fraction of sp³-hybridized carbons (Fsp3) is 0.923. The normalized spacial score (nSPS) is 28.6. The summed E-state index contributed by atoms with van der Waals surface area (Å²) < 4.78 is 10.2. The molecule has 110 valence electrons. The predicted octanol–water partition coefficient (Wildman–Crippen LogP) is 0.348. The van der Waals surface area contributed by atoms with Gasteiger partial charge in [-0.1, -0.05) is 0 Å². The van der Waals surface area contributed by atoms with Gasteiger partial charge in [0.15, 0.2) is 0 Å². The second-order valence-electron chi connectivity index (χ2n) is 5.37. The van der Waals surface area contributed by atoms with E-state index in [9.17, 15) is 9.90 Å². The van der Waals surface area contributed by atoms with E-state index in [1.165, 1.54) is 0 Å². The Morgan fingerprint density at radius 1 is 1.53 bits per heavy atom. The first-order valence-corrected chi connectivity index (χ1v) is 7.08. The van der Waals surface area contributed by atoms with Crippen LogP contribution in [0.25, 0.3) is 0 Å². The smallest absolute Gasteiger partial charge is 0.409 e. The molecule has 2 aliphatic heterocycles. The second kappa shape index (κ2) is 6.54. The average Bonchev–Trinajstić information content (AvgIpc) is 2.85. The van der Waals surface area contributed by atoms with Crippen LogP contribution in [0, 0.1) is 0 Å². The van der Waals surface area contributed by atoms with E-state index in [1.807, 2.05) is 6.92 Å².